The van der Waals surface area contributed by atoms with Gasteiger partial charge in [0.1, 0.15) is 11.3 Å². The number of pyridine rings is 1. The third-order valence-electron chi connectivity index (χ3n) is 6.45. The van der Waals surface area contributed by atoms with Crippen LogP contribution in [0.15, 0.2) is 61.1 Å². The third kappa shape index (κ3) is 2.98. The maximum atomic E-state index is 12.1. The summed E-state index contributed by atoms with van der Waals surface area (Å²) in [5.41, 5.74) is 9.47. The number of aromatic amines is 1. The summed E-state index contributed by atoms with van der Waals surface area (Å²) in [6, 6.07) is 9.68. The number of rotatable bonds is 5. The van der Waals surface area contributed by atoms with Gasteiger partial charge in [0.05, 0.1) is 28.5 Å². The monoisotopic (exact) mass is 445 g/mol. The SMILES string of the molecule is NC(=O)[C@@H]1[C@H](Nc2c(Cl)cnc3[nH]c(-c4cccc(-n5cccn5)c4)nc23)[C@H]2C=C[C@@H]1C2. The lowest BCUT2D eigenvalue weighted by molar-refractivity contribution is -0.122. The average molecular weight is 446 g/mol. The summed E-state index contributed by atoms with van der Waals surface area (Å²) in [5, 5.41) is 8.24. The fourth-order valence-electron chi connectivity index (χ4n) is 5.00. The predicted octanol–water partition coefficient (Wildman–Crippen LogP) is 3.55. The summed E-state index contributed by atoms with van der Waals surface area (Å²) in [5.74, 6) is 0.519. The quantitative estimate of drug-likeness (QED) is 0.406. The maximum Gasteiger partial charge on any atom is 0.223 e. The Labute approximate surface area is 188 Å². The molecule has 0 unspecified atom stereocenters. The summed E-state index contributed by atoms with van der Waals surface area (Å²) < 4.78 is 1.79. The number of hydrogen-bond donors (Lipinski definition) is 3. The first-order valence-corrected chi connectivity index (χ1v) is 10.8. The largest absolute Gasteiger partial charge is 0.378 e. The minimum atomic E-state index is -0.293. The van der Waals surface area contributed by atoms with Gasteiger partial charge in [-0.15, -0.1) is 0 Å². The number of amides is 1. The van der Waals surface area contributed by atoms with Crippen LogP contribution in [0.3, 0.4) is 0 Å². The Kier molecular flexibility index (Phi) is 4.29. The molecule has 4 N–H and O–H groups in total. The maximum absolute atomic E-state index is 12.1. The molecule has 0 radical (unpaired) electrons. The second-order valence-corrected chi connectivity index (χ2v) is 8.72. The topological polar surface area (TPSA) is 115 Å². The number of hydrogen-bond acceptors (Lipinski definition) is 5. The number of carbonyl (C=O) groups excluding carboxylic acids is 1. The van der Waals surface area contributed by atoms with E-state index < -0.39 is 0 Å². The number of H-pyrrole nitrogens is 1. The van der Waals surface area contributed by atoms with Crippen molar-refractivity contribution < 1.29 is 4.79 Å². The highest BCUT2D eigenvalue weighted by Gasteiger charge is 2.47. The molecule has 4 aromatic rings. The van der Waals surface area contributed by atoms with Crippen molar-refractivity contribution >= 4 is 34.4 Å². The first-order valence-electron chi connectivity index (χ1n) is 10.5. The van der Waals surface area contributed by atoms with Gasteiger partial charge in [0.25, 0.3) is 0 Å². The van der Waals surface area contributed by atoms with E-state index in [9.17, 15) is 4.79 Å². The zero-order valence-corrected chi connectivity index (χ0v) is 17.7. The number of primary amides is 1. The summed E-state index contributed by atoms with van der Waals surface area (Å²) >= 11 is 6.53. The zero-order chi connectivity index (χ0) is 21.8. The van der Waals surface area contributed by atoms with Gasteiger partial charge in [-0.2, -0.15) is 5.10 Å². The predicted molar refractivity (Wildman–Crippen MR) is 122 cm³/mol. The molecule has 6 rings (SSSR count). The van der Waals surface area contributed by atoms with Gasteiger partial charge >= 0.3 is 0 Å². The number of nitrogens with zero attached hydrogens (tertiary/aromatic N) is 4. The molecule has 160 valence electrons. The summed E-state index contributed by atoms with van der Waals surface area (Å²) in [4.78, 5) is 24.7. The van der Waals surface area contributed by atoms with Crippen LogP contribution < -0.4 is 11.1 Å². The molecular weight excluding hydrogens is 426 g/mol. The van der Waals surface area contributed by atoms with E-state index in [-0.39, 0.29) is 29.7 Å². The second-order valence-electron chi connectivity index (χ2n) is 8.31. The highest BCUT2D eigenvalue weighted by molar-refractivity contribution is 6.34. The lowest BCUT2D eigenvalue weighted by atomic mass is 9.88. The van der Waals surface area contributed by atoms with Gasteiger partial charge in [0.2, 0.25) is 5.91 Å². The van der Waals surface area contributed by atoms with Gasteiger partial charge in [-0.3, -0.25) is 4.79 Å². The van der Waals surface area contributed by atoms with E-state index in [1.54, 1.807) is 17.1 Å². The number of carbonyl (C=O) groups is 1. The molecule has 4 atom stereocenters. The van der Waals surface area contributed by atoms with Crippen molar-refractivity contribution in [2.45, 2.75) is 12.5 Å². The molecule has 0 spiro atoms. The molecule has 1 amide bonds. The van der Waals surface area contributed by atoms with E-state index in [0.29, 0.717) is 27.7 Å². The van der Waals surface area contributed by atoms with Crippen LogP contribution in [0.2, 0.25) is 5.02 Å². The number of nitrogens with two attached hydrogens (primary N) is 1. The Bertz CT molecular complexity index is 1360. The molecule has 2 aliphatic carbocycles. The number of anilines is 1. The van der Waals surface area contributed by atoms with Crippen molar-refractivity contribution in [3.63, 3.8) is 0 Å². The van der Waals surface area contributed by atoms with Crippen molar-refractivity contribution in [1.29, 1.82) is 0 Å². The smallest absolute Gasteiger partial charge is 0.223 e. The normalized spacial score (nSPS) is 23.8. The van der Waals surface area contributed by atoms with E-state index in [1.807, 2.05) is 36.5 Å². The highest BCUT2D eigenvalue weighted by Crippen LogP contribution is 2.46. The molecule has 2 bridgehead atoms. The number of benzene rings is 1. The van der Waals surface area contributed by atoms with Crippen LogP contribution in [0.5, 0.6) is 0 Å². The van der Waals surface area contributed by atoms with Gasteiger partial charge in [-0.05, 0) is 36.5 Å². The van der Waals surface area contributed by atoms with E-state index in [2.05, 4.69) is 32.5 Å². The number of nitrogens with one attached hydrogen (secondary N) is 2. The molecule has 32 heavy (non-hydrogen) atoms. The van der Waals surface area contributed by atoms with E-state index in [0.717, 1.165) is 17.7 Å². The first kappa shape index (κ1) is 19.1. The Balaban J connectivity index is 1.40. The molecule has 0 aliphatic heterocycles. The minimum absolute atomic E-state index is 0.117. The number of allylic oxidation sites excluding steroid dienone is 1. The summed E-state index contributed by atoms with van der Waals surface area (Å²) in [6.07, 6.45) is 10.4. The van der Waals surface area contributed by atoms with Crippen molar-refractivity contribution in [3.8, 4) is 17.1 Å². The van der Waals surface area contributed by atoms with Gasteiger partial charge in [0.15, 0.2) is 5.65 Å². The molecule has 1 aromatic carbocycles. The van der Waals surface area contributed by atoms with Crippen LogP contribution in [0.4, 0.5) is 5.69 Å². The third-order valence-corrected chi connectivity index (χ3v) is 6.74. The van der Waals surface area contributed by atoms with Crippen LogP contribution in [0.25, 0.3) is 28.2 Å². The fourth-order valence-corrected chi connectivity index (χ4v) is 5.19. The molecule has 9 heteroatoms. The highest BCUT2D eigenvalue weighted by atomic mass is 35.5. The summed E-state index contributed by atoms with van der Waals surface area (Å²) in [6.45, 7) is 0. The Morgan fingerprint density at radius 3 is 2.94 bits per heavy atom. The van der Waals surface area contributed by atoms with Gasteiger partial charge in [-0.1, -0.05) is 35.9 Å². The van der Waals surface area contributed by atoms with Crippen molar-refractivity contribution in [1.82, 2.24) is 24.7 Å². The zero-order valence-electron chi connectivity index (χ0n) is 16.9. The second kappa shape index (κ2) is 7.20. The van der Waals surface area contributed by atoms with Crippen molar-refractivity contribution in [3.05, 3.63) is 66.1 Å². The lowest BCUT2D eigenvalue weighted by Gasteiger charge is -2.27. The Morgan fingerprint density at radius 2 is 2.12 bits per heavy atom. The van der Waals surface area contributed by atoms with E-state index >= 15 is 0 Å². The molecule has 1 fully saturated rings. The van der Waals surface area contributed by atoms with E-state index in [1.165, 1.54) is 0 Å². The van der Waals surface area contributed by atoms with Gasteiger partial charge in [0, 0.05) is 24.0 Å². The number of halogens is 1. The molecule has 3 heterocycles. The molecular formula is C23H20ClN7O. The number of aromatic nitrogens is 5. The van der Waals surface area contributed by atoms with Crippen LogP contribution in [0.1, 0.15) is 6.42 Å². The van der Waals surface area contributed by atoms with Crippen molar-refractivity contribution in [2.75, 3.05) is 5.32 Å². The number of fused-ring (bicyclic) bond motifs is 3. The van der Waals surface area contributed by atoms with Crippen LogP contribution in [0, 0.1) is 17.8 Å². The average Bonchev–Trinajstić information content (AvgIpc) is 3.58. The van der Waals surface area contributed by atoms with Gasteiger partial charge < -0.3 is 16.0 Å². The Hall–Kier alpha value is -3.65. The van der Waals surface area contributed by atoms with Crippen LogP contribution in [-0.2, 0) is 4.79 Å². The molecule has 8 nitrogen and oxygen atoms in total. The fraction of sp³-hybridized carbons (Fsp3) is 0.217. The summed E-state index contributed by atoms with van der Waals surface area (Å²) in [7, 11) is 0. The van der Waals surface area contributed by atoms with Crippen LogP contribution >= 0.6 is 11.6 Å². The molecule has 3 aromatic heterocycles. The van der Waals surface area contributed by atoms with E-state index in [4.69, 9.17) is 22.3 Å². The standard InChI is InChI=1S/C23H20ClN7O/c24-16-11-26-23-20(19(16)28-18-13-6-5-12(9-13)17(18)21(25)32)29-22(30-23)14-3-1-4-15(10-14)31-8-2-7-27-31/h1-8,10-13,17-18H,9H2,(H2,25,32)(H2,26,28,29,30)/t12-,13+,17+,18-/m1/s1. The minimum Gasteiger partial charge on any atom is -0.378 e. The van der Waals surface area contributed by atoms with Gasteiger partial charge in [-0.25, -0.2) is 14.6 Å². The molecule has 2 aliphatic rings. The first-order chi connectivity index (χ1) is 15.6. The Morgan fingerprint density at radius 1 is 1.25 bits per heavy atom. The molecule has 1 saturated carbocycles. The lowest BCUT2D eigenvalue weighted by Crippen LogP contribution is -2.41. The van der Waals surface area contributed by atoms with Crippen molar-refractivity contribution in [2.24, 2.45) is 23.5 Å². The van der Waals surface area contributed by atoms with Crippen LogP contribution in [-0.4, -0.2) is 36.7 Å². The number of imidazole rings is 1. The molecule has 0 saturated heterocycles.